The van der Waals surface area contributed by atoms with Crippen molar-refractivity contribution in [2.24, 2.45) is 5.18 Å². The molecular weight excluding hydrogens is 441 g/mol. The largest absolute Gasteiger partial charge is 0.497 e. The van der Waals surface area contributed by atoms with Crippen molar-refractivity contribution in [1.82, 2.24) is 19.5 Å². The fourth-order valence-corrected chi connectivity index (χ4v) is 3.26. The molecule has 0 saturated heterocycles. The monoisotopic (exact) mass is 456 g/mol. The van der Waals surface area contributed by atoms with Gasteiger partial charge >= 0.3 is 6.18 Å². The quantitative estimate of drug-likeness (QED) is 0.432. The number of fused-ring (bicyclic) bond motifs is 1. The summed E-state index contributed by atoms with van der Waals surface area (Å²) >= 11 is 0. The number of nitrogens with one attached hydrogen (secondary N) is 1. The average molecular weight is 456 g/mol. The van der Waals surface area contributed by atoms with Gasteiger partial charge in [-0.3, -0.25) is 9.36 Å². The van der Waals surface area contributed by atoms with Gasteiger partial charge in [-0.05, 0) is 41.9 Å². The van der Waals surface area contributed by atoms with E-state index in [9.17, 15) is 22.9 Å². The number of carbonyl (C=O) groups excluding carboxylic acids is 1. The summed E-state index contributed by atoms with van der Waals surface area (Å²) in [5.74, 6) is -1.53. The van der Waals surface area contributed by atoms with Gasteiger partial charge in [-0.25, -0.2) is 15.0 Å². The molecule has 2 aromatic heterocycles. The first-order chi connectivity index (χ1) is 15.7. The van der Waals surface area contributed by atoms with Crippen LogP contribution in [0.25, 0.3) is 16.9 Å². The highest BCUT2D eigenvalue weighted by molar-refractivity contribution is 6.05. The van der Waals surface area contributed by atoms with Gasteiger partial charge in [0, 0.05) is 11.6 Å². The highest BCUT2D eigenvalue weighted by Crippen LogP contribution is 2.34. The minimum atomic E-state index is -4.75. The van der Waals surface area contributed by atoms with Crippen LogP contribution in [0.3, 0.4) is 0 Å². The summed E-state index contributed by atoms with van der Waals surface area (Å²) in [7, 11) is 1.40. The molecule has 9 nitrogen and oxygen atoms in total. The Morgan fingerprint density at radius 2 is 1.94 bits per heavy atom. The zero-order valence-electron chi connectivity index (χ0n) is 17.2. The number of halogens is 3. The first-order valence-corrected chi connectivity index (χ1v) is 9.43. The Morgan fingerprint density at radius 1 is 1.15 bits per heavy atom. The molecule has 0 aliphatic rings. The number of anilines is 1. The molecule has 0 aliphatic carbocycles. The standard InChI is InChI=1S/C21H15F3N6O3/c1-11-13(4-3-5-14(11)29-32)19(31)28-17-9-26-18(10-25-17)30-16-7-6-12(33-2)8-15(16)27-20(30)21(22,23)24/h3-10H,1-2H3,(H,25,28,31). The molecule has 2 heterocycles. The van der Waals surface area contributed by atoms with Crippen molar-refractivity contribution >= 4 is 28.4 Å². The van der Waals surface area contributed by atoms with Gasteiger partial charge in [0.1, 0.15) is 11.4 Å². The van der Waals surface area contributed by atoms with Gasteiger partial charge in [0.2, 0.25) is 5.82 Å². The van der Waals surface area contributed by atoms with Gasteiger partial charge in [-0.15, -0.1) is 4.91 Å². The number of aromatic nitrogens is 4. The first-order valence-electron chi connectivity index (χ1n) is 9.43. The molecule has 0 unspecified atom stereocenters. The Bertz CT molecular complexity index is 1370. The summed E-state index contributed by atoms with van der Waals surface area (Å²) in [5.41, 5.74) is 0.923. The molecule has 0 saturated carbocycles. The molecule has 4 rings (SSSR count). The molecule has 0 spiro atoms. The molecule has 0 radical (unpaired) electrons. The van der Waals surface area contributed by atoms with Crippen molar-refractivity contribution in [3.8, 4) is 11.6 Å². The number of imidazole rings is 1. The van der Waals surface area contributed by atoms with Crippen LogP contribution in [0.2, 0.25) is 0 Å². The summed E-state index contributed by atoms with van der Waals surface area (Å²) in [6.07, 6.45) is -2.54. The third-order valence-corrected chi connectivity index (χ3v) is 4.87. The smallest absolute Gasteiger partial charge is 0.450 e. The van der Waals surface area contributed by atoms with Gasteiger partial charge in [0.05, 0.1) is 30.5 Å². The maximum atomic E-state index is 13.6. The zero-order valence-corrected chi connectivity index (χ0v) is 17.2. The summed E-state index contributed by atoms with van der Waals surface area (Å²) in [4.78, 5) is 35.1. The Balaban J connectivity index is 1.69. The van der Waals surface area contributed by atoms with Crippen LogP contribution in [0.15, 0.2) is 54.0 Å². The number of rotatable bonds is 5. The second-order valence-corrected chi connectivity index (χ2v) is 6.88. The SMILES string of the molecule is COc1ccc2c(c1)nc(C(F)(F)F)n2-c1cnc(NC(=O)c2cccc(N=O)c2C)cn1. The first kappa shape index (κ1) is 21.9. The van der Waals surface area contributed by atoms with E-state index < -0.39 is 17.9 Å². The zero-order chi connectivity index (χ0) is 23.8. The van der Waals surface area contributed by atoms with Crippen molar-refractivity contribution in [3.05, 3.63) is 70.7 Å². The number of benzene rings is 2. The molecule has 0 atom stereocenters. The van der Waals surface area contributed by atoms with E-state index in [4.69, 9.17) is 4.74 Å². The van der Waals surface area contributed by atoms with E-state index in [0.717, 1.165) is 17.0 Å². The van der Waals surface area contributed by atoms with E-state index in [2.05, 4.69) is 25.4 Å². The van der Waals surface area contributed by atoms with E-state index in [-0.39, 0.29) is 33.9 Å². The van der Waals surface area contributed by atoms with Crippen LogP contribution < -0.4 is 10.1 Å². The molecule has 4 aromatic rings. The van der Waals surface area contributed by atoms with Crippen LogP contribution in [-0.2, 0) is 6.18 Å². The van der Waals surface area contributed by atoms with Crippen LogP contribution in [-0.4, -0.2) is 32.5 Å². The molecule has 1 amide bonds. The summed E-state index contributed by atoms with van der Waals surface area (Å²) in [6.45, 7) is 1.57. The molecule has 2 aromatic carbocycles. The second-order valence-electron chi connectivity index (χ2n) is 6.88. The molecule has 12 heteroatoms. The molecule has 33 heavy (non-hydrogen) atoms. The van der Waals surface area contributed by atoms with Crippen LogP contribution >= 0.6 is 0 Å². The summed E-state index contributed by atoms with van der Waals surface area (Å²) < 4.78 is 46.8. The molecular formula is C21H15F3N6O3. The minimum Gasteiger partial charge on any atom is -0.497 e. The van der Waals surface area contributed by atoms with Gasteiger partial charge in [-0.2, -0.15) is 13.2 Å². The van der Waals surface area contributed by atoms with E-state index in [1.807, 2.05) is 0 Å². The number of nitrogens with zero attached hydrogens (tertiary/aromatic N) is 5. The highest BCUT2D eigenvalue weighted by atomic mass is 19.4. The van der Waals surface area contributed by atoms with Gasteiger partial charge in [0.15, 0.2) is 11.6 Å². The van der Waals surface area contributed by atoms with Gasteiger partial charge in [-0.1, -0.05) is 6.07 Å². The Labute approximate surface area is 184 Å². The summed E-state index contributed by atoms with van der Waals surface area (Å²) in [5, 5.41) is 5.36. The number of alkyl halides is 3. The van der Waals surface area contributed by atoms with Crippen molar-refractivity contribution in [3.63, 3.8) is 0 Å². The Kier molecular flexibility index (Phi) is 5.50. The fourth-order valence-electron chi connectivity index (χ4n) is 3.26. The number of carbonyl (C=O) groups is 1. The van der Waals surface area contributed by atoms with Gasteiger partial charge in [0.25, 0.3) is 5.91 Å². The van der Waals surface area contributed by atoms with Crippen LogP contribution in [0, 0.1) is 11.8 Å². The van der Waals surface area contributed by atoms with Crippen LogP contribution in [0.1, 0.15) is 21.7 Å². The van der Waals surface area contributed by atoms with E-state index in [1.54, 1.807) is 6.92 Å². The van der Waals surface area contributed by atoms with E-state index in [1.165, 1.54) is 43.5 Å². The summed E-state index contributed by atoms with van der Waals surface area (Å²) in [6, 6.07) is 8.80. The Morgan fingerprint density at radius 3 is 2.58 bits per heavy atom. The van der Waals surface area contributed by atoms with Crippen molar-refractivity contribution in [2.45, 2.75) is 13.1 Å². The van der Waals surface area contributed by atoms with Gasteiger partial charge < -0.3 is 10.1 Å². The number of nitroso groups, excluding NO2 is 1. The minimum absolute atomic E-state index is 0.00673. The molecule has 168 valence electrons. The average Bonchev–Trinajstić information content (AvgIpc) is 3.19. The maximum Gasteiger partial charge on any atom is 0.450 e. The van der Waals surface area contributed by atoms with Crippen molar-refractivity contribution < 1.29 is 22.7 Å². The predicted molar refractivity (Wildman–Crippen MR) is 113 cm³/mol. The lowest BCUT2D eigenvalue weighted by Crippen LogP contribution is -2.16. The number of amides is 1. The molecule has 0 bridgehead atoms. The highest BCUT2D eigenvalue weighted by Gasteiger charge is 2.38. The van der Waals surface area contributed by atoms with Crippen molar-refractivity contribution in [1.29, 1.82) is 0 Å². The third-order valence-electron chi connectivity index (χ3n) is 4.87. The number of ether oxygens (including phenoxy) is 1. The number of hydrogen-bond acceptors (Lipinski definition) is 7. The van der Waals surface area contributed by atoms with Crippen molar-refractivity contribution in [2.75, 3.05) is 12.4 Å². The normalized spacial score (nSPS) is 11.4. The fraction of sp³-hybridized carbons (Fsp3) is 0.143. The van der Waals surface area contributed by atoms with Crippen LogP contribution in [0.4, 0.5) is 24.7 Å². The molecule has 0 fully saturated rings. The van der Waals surface area contributed by atoms with Crippen LogP contribution in [0.5, 0.6) is 5.75 Å². The van der Waals surface area contributed by atoms with E-state index in [0.29, 0.717) is 11.3 Å². The maximum absolute atomic E-state index is 13.6. The molecule has 1 N–H and O–H groups in total. The Hall–Kier alpha value is -4.35. The number of hydrogen-bond donors (Lipinski definition) is 1. The third kappa shape index (κ3) is 4.10. The lowest BCUT2D eigenvalue weighted by molar-refractivity contribution is -0.145. The topological polar surface area (TPSA) is 111 Å². The predicted octanol–water partition coefficient (Wildman–Crippen LogP) is 4.80. The number of methoxy groups -OCH3 is 1. The lowest BCUT2D eigenvalue weighted by Gasteiger charge is -2.11. The second kappa shape index (κ2) is 8.30. The molecule has 0 aliphatic heterocycles. The van der Waals surface area contributed by atoms with E-state index >= 15 is 0 Å². The lowest BCUT2D eigenvalue weighted by atomic mass is 10.1.